The van der Waals surface area contributed by atoms with Crippen molar-refractivity contribution in [1.29, 1.82) is 0 Å². The number of pyridine rings is 1. The standard InChI is InChI=1S/C12H7NO3S/c14-10-8(12(15)16)5-7-6-3-1-2-4-9(6)17-11(7)13-10/h1-5H,(H,13,14)(H,15,16). The van der Waals surface area contributed by atoms with E-state index in [1.54, 1.807) is 0 Å². The zero-order chi connectivity index (χ0) is 12.0. The Balaban J connectivity index is 2.52. The molecule has 3 aromatic rings. The summed E-state index contributed by atoms with van der Waals surface area (Å²) >= 11 is 1.45. The van der Waals surface area contributed by atoms with Crippen LogP contribution in [-0.4, -0.2) is 16.1 Å². The number of H-pyrrole nitrogens is 1. The highest BCUT2D eigenvalue weighted by atomic mass is 32.1. The zero-order valence-corrected chi connectivity index (χ0v) is 9.38. The topological polar surface area (TPSA) is 70.2 Å². The van der Waals surface area contributed by atoms with Gasteiger partial charge in [-0.2, -0.15) is 0 Å². The minimum atomic E-state index is -1.21. The second-order valence-electron chi connectivity index (χ2n) is 3.66. The van der Waals surface area contributed by atoms with Gasteiger partial charge in [-0.3, -0.25) is 4.79 Å². The molecule has 17 heavy (non-hydrogen) atoms. The number of carboxylic acid groups (broad SMARTS) is 1. The molecule has 2 N–H and O–H groups in total. The Hall–Kier alpha value is -2.14. The monoisotopic (exact) mass is 245 g/mol. The van der Waals surface area contributed by atoms with E-state index in [1.165, 1.54) is 17.4 Å². The van der Waals surface area contributed by atoms with Crippen LogP contribution in [0.4, 0.5) is 0 Å². The molecule has 0 aliphatic carbocycles. The van der Waals surface area contributed by atoms with Crippen molar-refractivity contribution < 1.29 is 9.90 Å². The largest absolute Gasteiger partial charge is 0.477 e. The second kappa shape index (κ2) is 3.43. The van der Waals surface area contributed by atoms with Gasteiger partial charge in [0.1, 0.15) is 10.4 Å². The van der Waals surface area contributed by atoms with Crippen LogP contribution in [-0.2, 0) is 0 Å². The molecule has 0 saturated heterocycles. The average molecular weight is 245 g/mol. The number of fused-ring (bicyclic) bond motifs is 3. The van der Waals surface area contributed by atoms with Gasteiger partial charge in [0.05, 0.1) is 0 Å². The van der Waals surface area contributed by atoms with Crippen LogP contribution in [0.3, 0.4) is 0 Å². The van der Waals surface area contributed by atoms with Crippen LogP contribution >= 0.6 is 11.3 Å². The maximum absolute atomic E-state index is 11.5. The van der Waals surface area contributed by atoms with Crippen molar-refractivity contribution in [2.75, 3.05) is 0 Å². The molecule has 3 rings (SSSR count). The third-order valence-corrected chi connectivity index (χ3v) is 3.73. The Kier molecular flexibility index (Phi) is 2.02. The van der Waals surface area contributed by atoms with Crippen molar-refractivity contribution in [1.82, 2.24) is 4.98 Å². The van der Waals surface area contributed by atoms with Crippen LogP contribution in [0, 0.1) is 0 Å². The van der Waals surface area contributed by atoms with Crippen LogP contribution in [0.1, 0.15) is 10.4 Å². The van der Waals surface area contributed by atoms with Crippen molar-refractivity contribution in [2.45, 2.75) is 0 Å². The van der Waals surface area contributed by atoms with E-state index in [0.29, 0.717) is 4.83 Å². The molecule has 5 heteroatoms. The second-order valence-corrected chi connectivity index (χ2v) is 4.71. The van der Waals surface area contributed by atoms with Crippen LogP contribution in [0.2, 0.25) is 0 Å². The Morgan fingerprint density at radius 2 is 2.00 bits per heavy atom. The first-order chi connectivity index (χ1) is 8.16. The van der Waals surface area contributed by atoms with Gasteiger partial charge >= 0.3 is 5.97 Å². The number of carbonyl (C=O) groups is 1. The van der Waals surface area contributed by atoms with Crippen LogP contribution in [0.15, 0.2) is 35.1 Å². The molecule has 1 aromatic carbocycles. The van der Waals surface area contributed by atoms with Crippen molar-refractivity contribution in [3.05, 3.63) is 46.2 Å². The van der Waals surface area contributed by atoms with Gasteiger partial charge in [-0.15, -0.1) is 11.3 Å². The number of carboxylic acids is 1. The minimum absolute atomic E-state index is 0.221. The molecule has 0 atom stereocenters. The van der Waals surface area contributed by atoms with E-state index in [0.717, 1.165) is 15.5 Å². The summed E-state index contributed by atoms with van der Waals surface area (Å²) in [7, 11) is 0. The molecule has 0 radical (unpaired) electrons. The summed E-state index contributed by atoms with van der Waals surface area (Å²) in [6.07, 6.45) is 0. The third-order valence-electron chi connectivity index (χ3n) is 2.62. The Bertz CT molecular complexity index is 800. The molecule has 0 saturated carbocycles. The maximum atomic E-state index is 11.5. The molecule has 0 unspecified atom stereocenters. The normalized spacial score (nSPS) is 11.1. The highest BCUT2D eigenvalue weighted by molar-refractivity contribution is 7.25. The number of nitrogens with one attached hydrogen (secondary N) is 1. The van der Waals surface area contributed by atoms with Gasteiger partial charge in [-0.25, -0.2) is 4.79 Å². The number of hydrogen-bond acceptors (Lipinski definition) is 3. The molecule has 0 aliphatic heterocycles. The summed E-state index contributed by atoms with van der Waals surface area (Å²) in [5.74, 6) is -1.21. The first-order valence-electron chi connectivity index (χ1n) is 4.94. The van der Waals surface area contributed by atoms with E-state index in [1.807, 2.05) is 24.3 Å². The van der Waals surface area contributed by atoms with Gasteiger partial charge < -0.3 is 10.1 Å². The van der Waals surface area contributed by atoms with Crippen molar-refractivity contribution >= 4 is 37.6 Å². The van der Waals surface area contributed by atoms with Gasteiger partial charge in [-0.05, 0) is 12.1 Å². The highest BCUT2D eigenvalue weighted by Crippen LogP contribution is 2.31. The first-order valence-corrected chi connectivity index (χ1v) is 5.76. The van der Waals surface area contributed by atoms with Gasteiger partial charge in [0, 0.05) is 15.5 Å². The lowest BCUT2D eigenvalue weighted by Crippen LogP contribution is -2.16. The average Bonchev–Trinajstić information content (AvgIpc) is 2.64. The van der Waals surface area contributed by atoms with Gasteiger partial charge in [-0.1, -0.05) is 18.2 Å². The molecule has 0 spiro atoms. The Morgan fingerprint density at radius 1 is 1.24 bits per heavy atom. The third kappa shape index (κ3) is 1.43. The fourth-order valence-corrected chi connectivity index (χ4v) is 2.92. The lowest BCUT2D eigenvalue weighted by molar-refractivity contribution is 0.0695. The molecule has 0 bridgehead atoms. The molecule has 84 valence electrons. The fourth-order valence-electron chi connectivity index (χ4n) is 1.84. The summed E-state index contributed by atoms with van der Waals surface area (Å²) < 4.78 is 1.03. The van der Waals surface area contributed by atoms with E-state index < -0.39 is 11.5 Å². The van der Waals surface area contributed by atoms with E-state index in [-0.39, 0.29) is 5.56 Å². The predicted octanol–water partition coefficient (Wildman–Crippen LogP) is 2.44. The highest BCUT2D eigenvalue weighted by Gasteiger charge is 2.13. The summed E-state index contributed by atoms with van der Waals surface area (Å²) in [5.41, 5.74) is -0.780. The molecule has 0 amide bonds. The summed E-state index contributed by atoms with van der Waals surface area (Å²) in [6.45, 7) is 0. The van der Waals surface area contributed by atoms with Crippen molar-refractivity contribution in [2.24, 2.45) is 0 Å². The van der Waals surface area contributed by atoms with Crippen LogP contribution in [0.5, 0.6) is 0 Å². The summed E-state index contributed by atoms with van der Waals surface area (Å²) in [6, 6.07) is 9.10. The van der Waals surface area contributed by atoms with Crippen molar-refractivity contribution in [3.8, 4) is 0 Å². The summed E-state index contributed by atoms with van der Waals surface area (Å²) in [4.78, 5) is 25.7. The molecule has 0 fully saturated rings. The van der Waals surface area contributed by atoms with Crippen molar-refractivity contribution in [3.63, 3.8) is 0 Å². The van der Waals surface area contributed by atoms with E-state index in [4.69, 9.17) is 5.11 Å². The van der Waals surface area contributed by atoms with Gasteiger partial charge in [0.25, 0.3) is 5.56 Å². The predicted molar refractivity (Wildman–Crippen MR) is 66.9 cm³/mol. The fraction of sp³-hybridized carbons (Fsp3) is 0. The molecule has 4 nitrogen and oxygen atoms in total. The Morgan fingerprint density at radius 3 is 2.76 bits per heavy atom. The minimum Gasteiger partial charge on any atom is -0.477 e. The first kappa shape index (κ1) is 10.0. The number of aromatic nitrogens is 1. The SMILES string of the molecule is O=C(O)c1cc2c([nH]c1=O)sc1ccccc12. The molecule has 2 aromatic heterocycles. The van der Waals surface area contributed by atoms with Crippen LogP contribution in [0.25, 0.3) is 20.3 Å². The zero-order valence-electron chi connectivity index (χ0n) is 8.56. The smallest absolute Gasteiger partial charge is 0.341 e. The number of thiophene rings is 1. The lowest BCUT2D eigenvalue weighted by atomic mass is 10.1. The summed E-state index contributed by atoms with van der Waals surface area (Å²) in [5, 5.41) is 10.7. The Labute approximate surface area is 99.1 Å². The van der Waals surface area contributed by atoms with Crippen LogP contribution < -0.4 is 5.56 Å². The van der Waals surface area contributed by atoms with E-state index >= 15 is 0 Å². The number of aromatic carboxylic acids is 1. The lowest BCUT2D eigenvalue weighted by Gasteiger charge is -1.94. The molecule has 2 heterocycles. The molecule has 0 aliphatic rings. The van der Waals surface area contributed by atoms with Gasteiger partial charge in [0.15, 0.2) is 0 Å². The molecular formula is C12H7NO3S. The number of rotatable bonds is 1. The van der Waals surface area contributed by atoms with E-state index in [2.05, 4.69) is 4.98 Å². The number of aromatic amines is 1. The molecular weight excluding hydrogens is 238 g/mol. The quantitative estimate of drug-likeness (QED) is 0.691. The number of hydrogen-bond donors (Lipinski definition) is 2. The maximum Gasteiger partial charge on any atom is 0.341 e. The number of benzene rings is 1. The van der Waals surface area contributed by atoms with Gasteiger partial charge in [0.2, 0.25) is 0 Å². The van der Waals surface area contributed by atoms with E-state index in [9.17, 15) is 9.59 Å².